The Morgan fingerprint density at radius 3 is 2.89 bits per heavy atom. The smallest absolute Gasteiger partial charge is 0.313 e. The van der Waals surface area contributed by atoms with Gasteiger partial charge in [0, 0.05) is 12.6 Å². The van der Waals surface area contributed by atoms with Crippen LogP contribution in [-0.4, -0.2) is 26.2 Å². The number of hydrogen-bond acceptors (Lipinski definition) is 5. The van der Waals surface area contributed by atoms with E-state index in [-0.39, 0.29) is 11.5 Å². The zero-order valence-corrected chi connectivity index (χ0v) is 10.3. The van der Waals surface area contributed by atoms with Crippen molar-refractivity contribution in [1.82, 2.24) is 14.8 Å². The van der Waals surface area contributed by atoms with Crippen LogP contribution in [0.4, 0.5) is 11.5 Å². The van der Waals surface area contributed by atoms with E-state index in [4.69, 9.17) is 11.6 Å². The van der Waals surface area contributed by atoms with E-state index in [1.165, 1.54) is 23.1 Å². The third-order valence-corrected chi connectivity index (χ3v) is 2.37. The highest BCUT2D eigenvalue weighted by Gasteiger charge is 2.18. The summed E-state index contributed by atoms with van der Waals surface area (Å²) < 4.78 is 1.28. The summed E-state index contributed by atoms with van der Waals surface area (Å²) in [5.74, 6) is 0.676. The predicted molar refractivity (Wildman–Crippen MR) is 67.2 cm³/mol. The monoisotopic (exact) mass is 267 g/mol. The van der Waals surface area contributed by atoms with Gasteiger partial charge in [-0.2, -0.15) is 5.10 Å². The van der Waals surface area contributed by atoms with Crippen molar-refractivity contribution in [3.05, 3.63) is 39.7 Å². The summed E-state index contributed by atoms with van der Waals surface area (Å²) in [4.78, 5) is 14.6. The number of nitro groups is 1. The first-order valence-corrected chi connectivity index (χ1v) is 5.59. The maximum Gasteiger partial charge on any atom is 0.313 e. The molecule has 0 fully saturated rings. The quantitative estimate of drug-likeness (QED) is 0.678. The van der Waals surface area contributed by atoms with Gasteiger partial charge in [-0.3, -0.25) is 10.1 Å². The van der Waals surface area contributed by atoms with E-state index >= 15 is 0 Å². The molecule has 2 aromatic rings. The van der Waals surface area contributed by atoms with Crippen LogP contribution in [-0.2, 0) is 0 Å². The molecule has 2 heterocycles. The molecular formula is C10H10ClN5O2. The van der Waals surface area contributed by atoms with E-state index in [1.807, 2.05) is 6.92 Å². The minimum Gasteiger partial charge on any atom is -0.370 e. The van der Waals surface area contributed by atoms with Gasteiger partial charge in [0.25, 0.3) is 0 Å². The fraction of sp³-hybridized carbons (Fsp3) is 0.200. The SMILES string of the molecule is CCNc1ccc([N+](=O)[O-])c(-n2cc(Cl)cn2)n1. The summed E-state index contributed by atoms with van der Waals surface area (Å²) in [5.41, 5.74) is -0.128. The molecule has 0 saturated carbocycles. The van der Waals surface area contributed by atoms with Crippen molar-refractivity contribution in [2.45, 2.75) is 6.92 Å². The molecule has 7 nitrogen and oxygen atoms in total. The second-order valence-electron chi connectivity index (χ2n) is 3.43. The lowest BCUT2D eigenvalue weighted by Gasteiger charge is -2.06. The Hall–Kier alpha value is -2.15. The van der Waals surface area contributed by atoms with Gasteiger partial charge in [-0.05, 0) is 13.0 Å². The summed E-state index contributed by atoms with van der Waals surface area (Å²) in [6, 6.07) is 2.94. The summed E-state index contributed by atoms with van der Waals surface area (Å²) in [6.07, 6.45) is 2.86. The third-order valence-electron chi connectivity index (χ3n) is 2.18. The van der Waals surface area contributed by atoms with Gasteiger partial charge in [0.2, 0.25) is 5.82 Å². The Morgan fingerprint density at radius 2 is 2.33 bits per heavy atom. The predicted octanol–water partition coefficient (Wildman–Crippen LogP) is 2.26. The van der Waals surface area contributed by atoms with Crippen molar-refractivity contribution >= 4 is 23.1 Å². The zero-order chi connectivity index (χ0) is 13.1. The molecule has 18 heavy (non-hydrogen) atoms. The van der Waals surface area contributed by atoms with E-state index < -0.39 is 4.92 Å². The number of anilines is 1. The largest absolute Gasteiger partial charge is 0.370 e. The Labute approximate surface area is 108 Å². The van der Waals surface area contributed by atoms with Gasteiger partial charge in [0.1, 0.15) is 5.82 Å². The molecule has 0 aliphatic heterocycles. The Bertz CT molecular complexity index is 583. The van der Waals surface area contributed by atoms with E-state index in [2.05, 4.69) is 15.4 Å². The van der Waals surface area contributed by atoms with Crippen LogP contribution in [0.15, 0.2) is 24.5 Å². The first-order chi connectivity index (χ1) is 8.61. The van der Waals surface area contributed by atoms with E-state index in [1.54, 1.807) is 6.07 Å². The number of hydrogen-bond donors (Lipinski definition) is 1. The van der Waals surface area contributed by atoms with Gasteiger partial charge in [0.05, 0.1) is 22.3 Å². The summed E-state index contributed by atoms with van der Waals surface area (Å²) >= 11 is 5.75. The maximum absolute atomic E-state index is 10.9. The van der Waals surface area contributed by atoms with Gasteiger partial charge >= 0.3 is 5.69 Å². The molecule has 0 spiro atoms. The average Bonchev–Trinajstić information content (AvgIpc) is 2.76. The van der Waals surface area contributed by atoms with Crippen molar-refractivity contribution in [2.24, 2.45) is 0 Å². The van der Waals surface area contributed by atoms with Crippen LogP contribution in [0.25, 0.3) is 5.82 Å². The molecule has 0 saturated heterocycles. The first-order valence-electron chi connectivity index (χ1n) is 5.21. The lowest BCUT2D eigenvalue weighted by atomic mass is 10.3. The molecule has 2 aromatic heterocycles. The number of halogens is 1. The van der Waals surface area contributed by atoms with Crippen LogP contribution < -0.4 is 5.32 Å². The second kappa shape index (κ2) is 5.01. The Kier molecular flexibility index (Phi) is 3.42. The number of aromatic nitrogens is 3. The van der Waals surface area contributed by atoms with Crippen LogP contribution in [0, 0.1) is 10.1 Å². The standard InChI is InChI=1S/C10H10ClN5O2/c1-2-12-9-4-3-8(16(17)18)10(14-9)15-6-7(11)5-13-15/h3-6H,2H2,1H3,(H,12,14). The number of pyridine rings is 1. The second-order valence-corrected chi connectivity index (χ2v) is 3.87. The van der Waals surface area contributed by atoms with Gasteiger partial charge in [-0.1, -0.05) is 11.6 Å². The lowest BCUT2D eigenvalue weighted by molar-refractivity contribution is -0.384. The van der Waals surface area contributed by atoms with Crippen molar-refractivity contribution in [3.63, 3.8) is 0 Å². The molecular weight excluding hydrogens is 258 g/mol. The molecule has 8 heteroatoms. The molecule has 1 N–H and O–H groups in total. The van der Waals surface area contributed by atoms with Gasteiger partial charge in [-0.15, -0.1) is 0 Å². The minimum atomic E-state index is -0.506. The van der Waals surface area contributed by atoms with Crippen LogP contribution >= 0.6 is 11.6 Å². The van der Waals surface area contributed by atoms with E-state index in [0.29, 0.717) is 17.4 Å². The topological polar surface area (TPSA) is 85.9 Å². The van der Waals surface area contributed by atoms with Crippen molar-refractivity contribution in [3.8, 4) is 5.82 Å². The van der Waals surface area contributed by atoms with Crippen LogP contribution in [0.1, 0.15) is 6.92 Å². The van der Waals surface area contributed by atoms with Crippen LogP contribution in [0.3, 0.4) is 0 Å². The van der Waals surface area contributed by atoms with Crippen molar-refractivity contribution < 1.29 is 4.92 Å². The molecule has 0 amide bonds. The molecule has 0 aliphatic carbocycles. The van der Waals surface area contributed by atoms with Crippen LogP contribution in [0.2, 0.25) is 5.02 Å². The molecule has 0 radical (unpaired) electrons. The van der Waals surface area contributed by atoms with E-state index in [0.717, 1.165) is 0 Å². The zero-order valence-electron chi connectivity index (χ0n) is 9.50. The molecule has 94 valence electrons. The number of nitrogens with zero attached hydrogens (tertiary/aromatic N) is 4. The summed E-state index contributed by atoms with van der Waals surface area (Å²) in [5, 5.41) is 18.2. The lowest BCUT2D eigenvalue weighted by Crippen LogP contribution is -2.07. The van der Waals surface area contributed by atoms with Crippen LogP contribution in [0.5, 0.6) is 0 Å². The minimum absolute atomic E-state index is 0.128. The van der Waals surface area contributed by atoms with E-state index in [9.17, 15) is 10.1 Å². The number of nitrogens with one attached hydrogen (secondary N) is 1. The fourth-order valence-electron chi connectivity index (χ4n) is 1.45. The van der Waals surface area contributed by atoms with Crippen molar-refractivity contribution in [2.75, 3.05) is 11.9 Å². The average molecular weight is 268 g/mol. The Morgan fingerprint density at radius 1 is 1.56 bits per heavy atom. The fourth-order valence-corrected chi connectivity index (χ4v) is 1.58. The third kappa shape index (κ3) is 2.40. The summed E-state index contributed by atoms with van der Waals surface area (Å²) in [6.45, 7) is 2.58. The molecule has 0 aliphatic rings. The highest BCUT2D eigenvalue weighted by Crippen LogP contribution is 2.23. The highest BCUT2D eigenvalue weighted by molar-refractivity contribution is 6.30. The van der Waals surface area contributed by atoms with Gasteiger partial charge in [0.15, 0.2) is 0 Å². The molecule has 0 bridgehead atoms. The summed E-state index contributed by atoms with van der Waals surface area (Å²) in [7, 11) is 0. The van der Waals surface area contributed by atoms with Crippen molar-refractivity contribution in [1.29, 1.82) is 0 Å². The Balaban J connectivity index is 2.53. The molecule has 0 atom stereocenters. The first kappa shape index (κ1) is 12.3. The molecule has 0 unspecified atom stereocenters. The number of rotatable bonds is 4. The normalized spacial score (nSPS) is 10.3. The highest BCUT2D eigenvalue weighted by atomic mass is 35.5. The van der Waals surface area contributed by atoms with Gasteiger partial charge < -0.3 is 5.32 Å². The molecule has 0 aromatic carbocycles. The maximum atomic E-state index is 10.9. The molecule has 2 rings (SSSR count). The van der Waals surface area contributed by atoms with Gasteiger partial charge in [-0.25, -0.2) is 9.67 Å².